The first-order valence-corrected chi connectivity index (χ1v) is 8.51. The largest absolute Gasteiger partial charge is 0.389 e. The quantitative estimate of drug-likeness (QED) is 0.902. The van der Waals surface area contributed by atoms with Crippen LogP contribution in [0.4, 0.5) is 0 Å². The highest BCUT2D eigenvalue weighted by molar-refractivity contribution is 5.94. The van der Waals surface area contributed by atoms with Gasteiger partial charge >= 0.3 is 0 Å². The van der Waals surface area contributed by atoms with E-state index in [4.69, 9.17) is 0 Å². The van der Waals surface area contributed by atoms with Gasteiger partial charge in [-0.3, -0.25) is 4.79 Å². The Balaban J connectivity index is 1.48. The summed E-state index contributed by atoms with van der Waals surface area (Å²) in [6.07, 6.45) is 6.34. The van der Waals surface area contributed by atoms with Gasteiger partial charge in [0.25, 0.3) is 5.91 Å². The number of carbonyl (C=O) groups excluding carboxylic acids is 1. The summed E-state index contributed by atoms with van der Waals surface area (Å²) in [5.74, 6) is 0.246. The lowest BCUT2D eigenvalue weighted by molar-refractivity contribution is -0.0886. The van der Waals surface area contributed by atoms with Crippen LogP contribution in [-0.4, -0.2) is 54.8 Å². The lowest BCUT2D eigenvalue weighted by Gasteiger charge is -2.47. The first-order valence-electron chi connectivity index (χ1n) is 8.51. The minimum atomic E-state index is -0.557. The normalized spacial score (nSPS) is 26.9. The average Bonchev–Trinajstić information content (AvgIpc) is 3.15. The summed E-state index contributed by atoms with van der Waals surface area (Å²) in [7, 11) is 0. The number of aromatic nitrogens is 4. The maximum atomic E-state index is 12.8. The number of tetrazole rings is 1. The lowest BCUT2D eigenvalue weighted by atomic mass is 9.71. The Kier molecular flexibility index (Phi) is 3.80. The van der Waals surface area contributed by atoms with E-state index in [2.05, 4.69) is 15.5 Å². The number of piperidine rings is 1. The van der Waals surface area contributed by atoms with Crippen molar-refractivity contribution in [2.45, 2.75) is 37.7 Å². The molecular weight excluding hydrogens is 306 g/mol. The predicted octanol–water partition coefficient (Wildman–Crippen LogP) is 1.43. The minimum Gasteiger partial charge on any atom is -0.389 e. The number of rotatable bonds is 2. The Bertz CT molecular complexity index is 715. The minimum absolute atomic E-state index is 0.0332. The number of carbonyl (C=O) groups is 1. The molecule has 4 rings (SSSR count). The molecule has 2 atom stereocenters. The van der Waals surface area contributed by atoms with Crippen LogP contribution in [0, 0.1) is 5.92 Å². The molecule has 1 aliphatic heterocycles. The highest BCUT2D eigenvalue weighted by atomic mass is 16.3. The third kappa shape index (κ3) is 2.69. The van der Waals surface area contributed by atoms with Crippen molar-refractivity contribution >= 4 is 5.91 Å². The third-order valence-corrected chi connectivity index (χ3v) is 5.44. The summed E-state index contributed by atoms with van der Waals surface area (Å²) in [5, 5.41) is 21.8. The van der Waals surface area contributed by atoms with Crippen molar-refractivity contribution < 1.29 is 9.90 Å². The van der Waals surface area contributed by atoms with E-state index in [-0.39, 0.29) is 11.8 Å². The Morgan fingerprint density at radius 2 is 2.04 bits per heavy atom. The van der Waals surface area contributed by atoms with Gasteiger partial charge in [0.05, 0.1) is 11.3 Å². The molecule has 7 nitrogen and oxygen atoms in total. The van der Waals surface area contributed by atoms with E-state index >= 15 is 0 Å². The van der Waals surface area contributed by atoms with Gasteiger partial charge in [-0.1, -0.05) is 12.8 Å². The van der Waals surface area contributed by atoms with Crippen molar-refractivity contribution in [3.63, 3.8) is 0 Å². The summed E-state index contributed by atoms with van der Waals surface area (Å²) in [5.41, 5.74) is 0.920. The van der Waals surface area contributed by atoms with E-state index in [1.54, 1.807) is 16.8 Å². The van der Waals surface area contributed by atoms with E-state index in [1.807, 2.05) is 17.0 Å². The average molecular weight is 327 g/mol. The zero-order valence-electron chi connectivity index (χ0n) is 13.5. The van der Waals surface area contributed by atoms with Gasteiger partial charge in [0.1, 0.15) is 6.33 Å². The van der Waals surface area contributed by atoms with Crippen molar-refractivity contribution in [3.05, 3.63) is 36.2 Å². The van der Waals surface area contributed by atoms with Crippen LogP contribution in [0.3, 0.4) is 0 Å². The van der Waals surface area contributed by atoms with Crippen molar-refractivity contribution in [1.82, 2.24) is 25.1 Å². The zero-order valence-corrected chi connectivity index (χ0v) is 13.5. The summed E-state index contributed by atoms with van der Waals surface area (Å²) in [6.45, 7) is 1.28. The SMILES string of the molecule is O=C(c1ccc(-n2cnnn2)cc1)N1CC[C@]2(O)CCCC[C@H]2C1. The zero-order chi connectivity index (χ0) is 16.6. The number of hydrogen-bond donors (Lipinski definition) is 1. The highest BCUT2D eigenvalue weighted by Gasteiger charge is 2.43. The Hall–Kier alpha value is -2.28. The molecule has 2 aromatic rings. The van der Waals surface area contributed by atoms with Crippen LogP contribution in [-0.2, 0) is 0 Å². The van der Waals surface area contributed by atoms with Crippen LogP contribution in [0.5, 0.6) is 0 Å². The van der Waals surface area contributed by atoms with Crippen LogP contribution in [0.15, 0.2) is 30.6 Å². The maximum Gasteiger partial charge on any atom is 0.253 e. The second-order valence-electron chi connectivity index (χ2n) is 6.85. The Morgan fingerprint density at radius 3 is 2.79 bits per heavy atom. The summed E-state index contributed by atoms with van der Waals surface area (Å²) < 4.78 is 1.55. The molecule has 2 fully saturated rings. The molecule has 1 aliphatic carbocycles. The van der Waals surface area contributed by atoms with Crippen LogP contribution in [0.2, 0.25) is 0 Å². The second-order valence-corrected chi connectivity index (χ2v) is 6.85. The van der Waals surface area contributed by atoms with E-state index in [0.29, 0.717) is 25.1 Å². The van der Waals surface area contributed by atoms with Gasteiger partial charge in [-0.15, -0.1) is 5.10 Å². The number of amides is 1. The molecule has 2 aliphatic rings. The van der Waals surface area contributed by atoms with Crippen molar-refractivity contribution in [2.24, 2.45) is 5.92 Å². The monoisotopic (exact) mass is 327 g/mol. The Labute approximate surface area is 140 Å². The van der Waals surface area contributed by atoms with E-state index in [9.17, 15) is 9.90 Å². The van der Waals surface area contributed by atoms with E-state index < -0.39 is 5.60 Å². The predicted molar refractivity (Wildman–Crippen MR) is 86.6 cm³/mol. The molecule has 126 valence electrons. The van der Waals surface area contributed by atoms with Gasteiger partial charge < -0.3 is 10.0 Å². The summed E-state index contributed by atoms with van der Waals surface area (Å²) in [6, 6.07) is 7.29. The van der Waals surface area contributed by atoms with E-state index in [1.165, 1.54) is 6.33 Å². The van der Waals surface area contributed by atoms with Crippen LogP contribution in [0.1, 0.15) is 42.5 Å². The van der Waals surface area contributed by atoms with Crippen LogP contribution in [0.25, 0.3) is 5.69 Å². The van der Waals surface area contributed by atoms with Gasteiger partial charge in [0.2, 0.25) is 0 Å². The molecule has 24 heavy (non-hydrogen) atoms. The number of benzene rings is 1. The molecule has 1 aromatic carbocycles. The van der Waals surface area contributed by atoms with Gasteiger partial charge in [-0.2, -0.15) is 0 Å². The van der Waals surface area contributed by atoms with Crippen molar-refractivity contribution in [2.75, 3.05) is 13.1 Å². The molecular formula is C17H21N5O2. The lowest BCUT2D eigenvalue weighted by Crippen LogP contribution is -2.54. The molecule has 1 saturated heterocycles. The topological polar surface area (TPSA) is 84.1 Å². The van der Waals surface area contributed by atoms with Gasteiger partial charge in [0.15, 0.2) is 0 Å². The fraction of sp³-hybridized carbons (Fsp3) is 0.529. The van der Waals surface area contributed by atoms with E-state index in [0.717, 1.165) is 31.4 Å². The first kappa shape index (κ1) is 15.3. The highest BCUT2D eigenvalue weighted by Crippen LogP contribution is 2.40. The second kappa shape index (κ2) is 5.98. The molecule has 2 heterocycles. The van der Waals surface area contributed by atoms with Gasteiger partial charge in [-0.25, -0.2) is 4.68 Å². The summed E-state index contributed by atoms with van der Waals surface area (Å²) >= 11 is 0. The van der Waals surface area contributed by atoms with Crippen LogP contribution < -0.4 is 0 Å². The number of aliphatic hydroxyl groups is 1. The third-order valence-electron chi connectivity index (χ3n) is 5.44. The molecule has 7 heteroatoms. The molecule has 0 bridgehead atoms. The molecule has 1 saturated carbocycles. The van der Waals surface area contributed by atoms with Gasteiger partial charge in [0, 0.05) is 24.6 Å². The number of nitrogens with zero attached hydrogens (tertiary/aromatic N) is 5. The first-order chi connectivity index (χ1) is 11.7. The Morgan fingerprint density at radius 1 is 1.21 bits per heavy atom. The maximum absolute atomic E-state index is 12.8. The molecule has 0 unspecified atom stereocenters. The fourth-order valence-electron chi connectivity index (χ4n) is 3.97. The van der Waals surface area contributed by atoms with Crippen molar-refractivity contribution in [1.29, 1.82) is 0 Å². The number of fused-ring (bicyclic) bond motifs is 1. The number of likely N-dealkylation sites (tertiary alicyclic amines) is 1. The standard InChI is InChI=1S/C17H21N5O2/c23-16(13-4-6-15(7-5-13)22-12-18-19-20-22)21-10-9-17(24)8-2-1-3-14(17)11-21/h4-7,12,14,24H,1-3,8-11H2/t14-,17+/m0/s1. The summed E-state index contributed by atoms with van der Waals surface area (Å²) in [4.78, 5) is 14.7. The molecule has 1 amide bonds. The molecule has 0 spiro atoms. The molecule has 0 radical (unpaired) electrons. The molecule has 1 aromatic heterocycles. The van der Waals surface area contributed by atoms with Gasteiger partial charge in [-0.05, 0) is 54.0 Å². The number of hydrogen-bond acceptors (Lipinski definition) is 5. The fourth-order valence-corrected chi connectivity index (χ4v) is 3.97. The molecule has 1 N–H and O–H groups in total. The smallest absolute Gasteiger partial charge is 0.253 e. The van der Waals surface area contributed by atoms with Crippen LogP contribution >= 0.6 is 0 Å². The van der Waals surface area contributed by atoms with Crippen molar-refractivity contribution in [3.8, 4) is 5.69 Å².